The SMILES string of the molecule is Cc1c(C)n(CC2CC2)c2c(NCc3ccc(F)cc3O)cc(C(=O)N3CCNCC3)cc12. The average Bonchev–Trinajstić information content (AvgIpc) is 3.61. The number of benzene rings is 2. The Hall–Kier alpha value is -3.06. The van der Waals surface area contributed by atoms with Crippen molar-refractivity contribution in [1.82, 2.24) is 14.8 Å². The van der Waals surface area contributed by atoms with E-state index in [1.807, 2.05) is 17.0 Å². The minimum absolute atomic E-state index is 0.0399. The number of aromatic nitrogens is 1. The van der Waals surface area contributed by atoms with E-state index in [9.17, 15) is 14.3 Å². The summed E-state index contributed by atoms with van der Waals surface area (Å²) in [5.41, 5.74) is 5.64. The van der Waals surface area contributed by atoms with Crippen LogP contribution in [0.3, 0.4) is 0 Å². The van der Waals surface area contributed by atoms with Gasteiger partial charge in [-0.3, -0.25) is 4.79 Å². The van der Waals surface area contributed by atoms with Gasteiger partial charge < -0.3 is 25.2 Å². The summed E-state index contributed by atoms with van der Waals surface area (Å²) in [7, 11) is 0. The summed E-state index contributed by atoms with van der Waals surface area (Å²) in [6.45, 7) is 8.57. The summed E-state index contributed by atoms with van der Waals surface area (Å²) in [5.74, 6) is 0.201. The lowest BCUT2D eigenvalue weighted by Crippen LogP contribution is -2.46. The molecule has 0 radical (unpaired) electrons. The van der Waals surface area contributed by atoms with Gasteiger partial charge in [-0.05, 0) is 56.4 Å². The van der Waals surface area contributed by atoms with Gasteiger partial charge in [-0.1, -0.05) is 6.07 Å². The molecule has 2 aliphatic rings. The monoisotopic (exact) mass is 450 g/mol. The Morgan fingerprint density at radius 1 is 1.18 bits per heavy atom. The van der Waals surface area contributed by atoms with Crippen LogP contribution in [0.4, 0.5) is 10.1 Å². The smallest absolute Gasteiger partial charge is 0.254 e. The molecule has 1 aromatic heterocycles. The van der Waals surface area contributed by atoms with Crippen LogP contribution in [0.1, 0.15) is 40.0 Å². The molecule has 6 nitrogen and oxygen atoms in total. The van der Waals surface area contributed by atoms with E-state index in [-0.39, 0.29) is 11.7 Å². The predicted molar refractivity (Wildman–Crippen MR) is 128 cm³/mol. The minimum atomic E-state index is -0.466. The number of nitrogens with zero attached hydrogens (tertiary/aromatic N) is 2. The molecule has 0 bridgehead atoms. The highest BCUT2D eigenvalue weighted by Gasteiger charge is 2.26. The number of phenolic OH excluding ortho intramolecular Hbond substituents is 1. The van der Waals surface area contributed by atoms with Crippen molar-refractivity contribution in [3.63, 3.8) is 0 Å². The first kappa shape index (κ1) is 21.8. The molecule has 0 unspecified atom stereocenters. The van der Waals surface area contributed by atoms with Gasteiger partial charge in [-0.25, -0.2) is 4.39 Å². The molecule has 2 heterocycles. The summed E-state index contributed by atoms with van der Waals surface area (Å²) >= 11 is 0. The summed E-state index contributed by atoms with van der Waals surface area (Å²) in [6, 6.07) is 8.04. The van der Waals surface area contributed by atoms with Gasteiger partial charge in [0, 0.05) is 67.5 Å². The number of aryl methyl sites for hydroxylation is 1. The van der Waals surface area contributed by atoms with Gasteiger partial charge in [-0.2, -0.15) is 0 Å². The highest BCUT2D eigenvalue weighted by Crippen LogP contribution is 2.38. The molecule has 1 aliphatic carbocycles. The van der Waals surface area contributed by atoms with Crippen molar-refractivity contribution in [2.24, 2.45) is 5.92 Å². The van der Waals surface area contributed by atoms with Gasteiger partial charge >= 0.3 is 0 Å². The minimum Gasteiger partial charge on any atom is -0.507 e. The first-order valence-electron chi connectivity index (χ1n) is 11.8. The van der Waals surface area contributed by atoms with Crippen LogP contribution >= 0.6 is 0 Å². The lowest BCUT2D eigenvalue weighted by atomic mass is 10.1. The number of aromatic hydroxyl groups is 1. The topological polar surface area (TPSA) is 69.5 Å². The Morgan fingerprint density at radius 3 is 2.64 bits per heavy atom. The van der Waals surface area contributed by atoms with Crippen LogP contribution in [0.5, 0.6) is 5.75 Å². The maximum Gasteiger partial charge on any atom is 0.254 e. The van der Waals surface area contributed by atoms with Crippen molar-refractivity contribution in [2.75, 3.05) is 31.5 Å². The Bertz CT molecular complexity index is 1210. The first-order chi connectivity index (χ1) is 15.9. The molecule has 0 spiro atoms. The van der Waals surface area contributed by atoms with Gasteiger partial charge in [0.2, 0.25) is 0 Å². The van der Waals surface area contributed by atoms with E-state index >= 15 is 0 Å². The number of fused-ring (bicyclic) bond motifs is 1. The zero-order valence-electron chi connectivity index (χ0n) is 19.2. The van der Waals surface area contributed by atoms with Crippen LogP contribution in [-0.2, 0) is 13.1 Å². The van der Waals surface area contributed by atoms with Gasteiger partial charge in [0.1, 0.15) is 11.6 Å². The number of hydrogen-bond acceptors (Lipinski definition) is 4. The standard InChI is InChI=1S/C26H31FN4O2/c1-16-17(2)31(15-18-3-4-18)25-22(16)11-20(26(33)30-9-7-28-8-10-30)12-23(25)29-14-19-5-6-21(27)13-24(19)32/h5-6,11-13,18,28-29,32H,3-4,7-10,14-15H2,1-2H3. The van der Waals surface area contributed by atoms with Crippen molar-refractivity contribution in [2.45, 2.75) is 39.8 Å². The fourth-order valence-electron chi connectivity index (χ4n) is 4.75. The van der Waals surface area contributed by atoms with Crippen LogP contribution < -0.4 is 10.6 Å². The second-order valence-corrected chi connectivity index (χ2v) is 9.35. The normalized spacial score (nSPS) is 16.4. The zero-order chi connectivity index (χ0) is 23.1. The molecule has 7 heteroatoms. The Morgan fingerprint density at radius 2 is 1.94 bits per heavy atom. The second-order valence-electron chi connectivity index (χ2n) is 9.35. The zero-order valence-corrected chi connectivity index (χ0v) is 19.2. The van der Waals surface area contributed by atoms with Crippen molar-refractivity contribution in [3.8, 4) is 5.75 Å². The highest BCUT2D eigenvalue weighted by atomic mass is 19.1. The molecule has 33 heavy (non-hydrogen) atoms. The van der Waals surface area contributed by atoms with E-state index in [1.165, 1.54) is 30.2 Å². The summed E-state index contributed by atoms with van der Waals surface area (Å²) < 4.78 is 15.8. The number of anilines is 1. The molecular weight excluding hydrogens is 419 g/mol. The Kier molecular flexibility index (Phi) is 5.74. The van der Waals surface area contributed by atoms with Crippen LogP contribution in [0.2, 0.25) is 0 Å². The number of piperazine rings is 1. The number of nitrogens with one attached hydrogen (secondary N) is 2. The number of amides is 1. The largest absolute Gasteiger partial charge is 0.507 e. The fraction of sp³-hybridized carbons (Fsp3) is 0.423. The number of carbonyl (C=O) groups excluding carboxylic acids is 1. The van der Waals surface area contributed by atoms with Crippen molar-refractivity contribution in [1.29, 1.82) is 0 Å². The molecule has 3 N–H and O–H groups in total. The maximum absolute atomic E-state index is 13.4. The molecule has 0 atom stereocenters. The maximum atomic E-state index is 13.4. The third-order valence-corrected chi connectivity index (χ3v) is 7.04. The molecule has 2 fully saturated rings. The third kappa shape index (κ3) is 4.29. The molecule has 2 aromatic carbocycles. The van der Waals surface area contributed by atoms with Gasteiger partial charge in [0.15, 0.2) is 0 Å². The summed E-state index contributed by atoms with van der Waals surface area (Å²) in [6.07, 6.45) is 2.51. The number of rotatable bonds is 6. The predicted octanol–water partition coefficient (Wildman–Crippen LogP) is 4.17. The van der Waals surface area contributed by atoms with Crippen molar-refractivity contribution < 1.29 is 14.3 Å². The molecule has 5 rings (SSSR count). The Labute approximate surface area is 193 Å². The molecule has 1 saturated heterocycles. The van der Waals surface area contributed by atoms with E-state index in [2.05, 4.69) is 29.0 Å². The van der Waals surface area contributed by atoms with Crippen LogP contribution in [-0.4, -0.2) is 46.7 Å². The van der Waals surface area contributed by atoms with Crippen molar-refractivity contribution >= 4 is 22.5 Å². The molecule has 1 saturated carbocycles. The lowest BCUT2D eigenvalue weighted by Gasteiger charge is -2.27. The first-order valence-corrected chi connectivity index (χ1v) is 11.8. The highest BCUT2D eigenvalue weighted by molar-refractivity contribution is 6.04. The molecule has 1 amide bonds. The average molecular weight is 451 g/mol. The van der Waals surface area contributed by atoms with E-state index in [1.54, 1.807) is 6.07 Å². The van der Waals surface area contributed by atoms with E-state index < -0.39 is 5.82 Å². The van der Waals surface area contributed by atoms with E-state index in [0.29, 0.717) is 36.7 Å². The second kappa shape index (κ2) is 8.71. The van der Waals surface area contributed by atoms with Gasteiger partial charge in [-0.15, -0.1) is 0 Å². The number of phenols is 1. The summed E-state index contributed by atoms with van der Waals surface area (Å²) in [5, 5.41) is 18.0. The molecule has 174 valence electrons. The van der Waals surface area contributed by atoms with Crippen molar-refractivity contribution in [3.05, 3.63) is 58.5 Å². The summed E-state index contributed by atoms with van der Waals surface area (Å²) in [4.78, 5) is 15.2. The Balaban J connectivity index is 1.56. The number of halogens is 1. The number of hydrogen-bond donors (Lipinski definition) is 3. The fourth-order valence-corrected chi connectivity index (χ4v) is 4.75. The lowest BCUT2D eigenvalue weighted by molar-refractivity contribution is 0.0736. The van der Waals surface area contributed by atoms with Crippen LogP contribution in [0.25, 0.3) is 10.9 Å². The molecular formula is C26H31FN4O2. The van der Waals surface area contributed by atoms with Crippen LogP contribution in [0, 0.1) is 25.6 Å². The van der Waals surface area contributed by atoms with E-state index in [4.69, 9.17) is 0 Å². The van der Waals surface area contributed by atoms with Crippen LogP contribution in [0.15, 0.2) is 30.3 Å². The third-order valence-electron chi connectivity index (χ3n) is 7.04. The van der Waals surface area contributed by atoms with Gasteiger partial charge in [0.25, 0.3) is 5.91 Å². The van der Waals surface area contributed by atoms with E-state index in [0.717, 1.165) is 42.3 Å². The molecule has 3 aromatic rings. The molecule has 1 aliphatic heterocycles. The van der Waals surface area contributed by atoms with Gasteiger partial charge in [0.05, 0.1) is 11.2 Å². The quantitative estimate of drug-likeness (QED) is 0.527. The number of carbonyl (C=O) groups is 1.